The van der Waals surface area contributed by atoms with Crippen molar-refractivity contribution in [3.63, 3.8) is 0 Å². The van der Waals surface area contributed by atoms with Gasteiger partial charge in [-0.05, 0) is 43.9 Å². The number of quaternary nitrogens is 2. The molecule has 2 saturated heterocycles. The minimum Gasteiger partial charge on any atom is -0.358 e. The van der Waals surface area contributed by atoms with Gasteiger partial charge in [-0.3, -0.25) is 9.59 Å². The van der Waals surface area contributed by atoms with Crippen molar-refractivity contribution in [1.29, 1.82) is 0 Å². The van der Waals surface area contributed by atoms with Crippen molar-refractivity contribution in [2.24, 2.45) is 11.8 Å². The van der Waals surface area contributed by atoms with E-state index in [0.717, 1.165) is 33.9 Å². The van der Waals surface area contributed by atoms with Gasteiger partial charge in [0, 0.05) is 12.8 Å². The van der Waals surface area contributed by atoms with Crippen LogP contribution in [0.1, 0.15) is 58.8 Å². The smallest absolute Gasteiger partial charge is 0.186 e. The molecule has 4 nitrogen and oxygen atoms in total. The fourth-order valence-electron chi connectivity index (χ4n) is 4.82. The molecule has 0 aromatic carbocycles. The summed E-state index contributed by atoms with van der Waals surface area (Å²) >= 11 is 0. The van der Waals surface area contributed by atoms with Crippen LogP contribution in [0.15, 0.2) is 0 Å². The Morgan fingerprint density at radius 1 is 0.704 bits per heavy atom. The normalized spacial score (nSPS) is 33.5. The van der Waals surface area contributed by atoms with Crippen LogP contribution in [0.25, 0.3) is 0 Å². The monoisotopic (exact) mass is 382 g/mol. The molecule has 0 bridgehead atoms. The van der Waals surface area contributed by atoms with E-state index in [-0.39, 0.29) is 14.9 Å². The van der Waals surface area contributed by atoms with Gasteiger partial charge in [-0.25, -0.2) is 0 Å². The van der Waals surface area contributed by atoms with E-state index < -0.39 is 0 Å². The van der Waals surface area contributed by atoms with Crippen LogP contribution in [0.2, 0.25) is 0 Å². The maximum absolute atomic E-state index is 11.8. The first kappa shape index (κ1) is 26.3. The standard InChI is InChI=1S/C21H40N2O2.2CH3/c1-5-20(24)16-22(3)11-7-18(8-12-22)15-19-9-13-23(4,14-10-19)17-21(25)6-2;;/h18-19H,5-17H2,1-4H3;2*1H3/q+2;2*-1. The van der Waals surface area contributed by atoms with E-state index in [1.807, 2.05) is 13.8 Å². The molecule has 2 heterocycles. The van der Waals surface area contributed by atoms with E-state index in [4.69, 9.17) is 0 Å². The van der Waals surface area contributed by atoms with Crippen LogP contribution in [0.5, 0.6) is 0 Å². The van der Waals surface area contributed by atoms with Crippen LogP contribution in [0.3, 0.4) is 0 Å². The Balaban J connectivity index is 0.00000338. The molecule has 2 aliphatic rings. The Kier molecular flexibility index (Phi) is 11.0. The summed E-state index contributed by atoms with van der Waals surface area (Å²) in [5.74, 6) is 2.52. The molecule has 0 amide bonds. The third-order valence-corrected chi connectivity index (χ3v) is 6.88. The van der Waals surface area contributed by atoms with Crippen LogP contribution < -0.4 is 0 Å². The number of likely N-dealkylation sites (tertiary alicyclic amines) is 2. The molecule has 0 saturated carbocycles. The van der Waals surface area contributed by atoms with Crippen molar-refractivity contribution < 1.29 is 18.6 Å². The zero-order valence-corrected chi connectivity index (χ0v) is 19.1. The second-order valence-corrected chi connectivity index (χ2v) is 9.36. The van der Waals surface area contributed by atoms with Gasteiger partial charge in [-0.1, -0.05) is 13.8 Å². The summed E-state index contributed by atoms with van der Waals surface area (Å²) < 4.78 is 1.92. The number of carbonyl (C=O) groups excluding carboxylic acids is 2. The van der Waals surface area contributed by atoms with Crippen molar-refractivity contribution in [3.8, 4) is 0 Å². The number of piperidine rings is 2. The van der Waals surface area contributed by atoms with Gasteiger partial charge < -0.3 is 23.8 Å². The van der Waals surface area contributed by atoms with Crippen molar-refractivity contribution in [3.05, 3.63) is 14.9 Å². The van der Waals surface area contributed by atoms with Gasteiger partial charge in [-0.2, -0.15) is 0 Å². The molecule has 27 heavy (non-hydrogen) atoms. The quantitative estimate of drug-likeness (QED) is 0.470. The lowest BCUT2D eigenvalue weighted by Gasteiger charge is -2.43. The van der Waals surface area contributed by atoms with Crippen molar-refractivity contribution in [1.82, 2.24) is 0 Å². The Hall–Kier alpha value is -0.740. The highest BCUT2D eigenvalue weighted by Crippen LogP contribution is 2.33. The molecular weight excluding hydrogens is 336 g/mol. The summed E-state index contributed by atoms with van der Waals surface area (Å²) in [5, 5.41) is 0. The lowest BCUT2D eigenvalue weighted by Crippen LogP contribution is -2.53. The van der Waals surface area contributed by atoms with Crippen molar-refractivity contribution >= 4 is 11.6 Å². The molecule has 0 aromatic heterocycles. The lowest BCUT2D eigenvalue weighted by atomic mass is 9.81. The molecule has 0 unspecified atom stereocenters. The van der Waals surface area contributed by atoms with Gasteiger partial charge in [0.05, 0.1) is 40.3 Å². The van der Waals surface area contributed by atoms with Gasteiger partial charge in [0.1, 0.15) is 13.1 Å². The molecule has 0 aliphatic carbocycles. The van der Waals surface area contributed by atoms with Crippen LogP contribution in [0, 0.1) is 26.7 Å². The van der Waals surface area contributed by atoms with E-state index in [1.54, 1.807) is 0 Å². The number of hydrogen-bond donors (Lipinski definition) is 0. The number of rotatable bonds is 8. The fourth-order valence-corrected chi connectivity index (χ4v) is 4.82. The number of ketones is 2. The van der Waals surface area contributed by atoms with E-state index in [9.17, 15) is 9.59 Å². The number of likely N-dealkylation sites (N-methyl/N-ethyl adjacent to an activating group) is 2. The number of Topliss-reactive ketones (excluding diaryl/α,β-unsaturated/α-hetero) is 2. The third-order valence-electron chi connectivity index (χ3n) is 6.88. The van der Waals surface area contributed by atoms with Crippen molar-refractivity contribution in [2.45, 2.75) is 58.8 Å². The van der Waals surface area contributed by atoms with Crippen LogP contribution in [-0.2, 0) is 9.59 Å². The summed E-state index contributed by atoms with van der Waals surface area (Å²) in [6.07, 6.45) is 7.85. The minimum absolute atomic E-state index is 0. The van der Waals surface area contributed by atoms with Crippen LogP contribution in [-0.4, -0.2) is 73.9 Å². The van der Waals surface area contributed by atoms with Gasteiger partial charge in [-0.15, -0.1) is 0 Å². The second kappa shape index (κ2) is 11.3. The summed E-state index contributed by atoms with van der Waals surface area (Å²) in [7, 11) is 4.52. The molecule has 4 heteroatoms. The average molecular weight is 383 g/mol. The van der Waals surface area contributed by atoms with Crippen molar-refractivity contribution in [2.75, 3.05) is 53.4 Å². The highest BCUT2D eigenvalue weighted by Gasteiger charge is 2.35. The molecule has 0 spiro atoms. The lowest BCUT2D eigenvalue weighted by molar-refractivity contribution is -0.908. The van der Waals surface area contributed by atoms with Crippen LogP contribution in [0.4, 0.5) is 0 Å². The number of carbonyl (C=O) groups is 2. The minimum atomic E-state index is 0. The first-order valence-corrected chi connectivity index (χ1v) is 10.5. The average Bonchev–Trinajstić information content (AvgIpc) is 2.58. The molecule has 0 aromatic rings. The molecule has 0 atom stereocenters. The topological polar surface area (TPSA) is 34.1 Å². The molecule has 0 N–H and O–H groups in total. The van der Waals surface area contributed by atoms with Gasteiger partial charge in [0.2, 0.25) is 0 Å². The fraction of sp³-hybridized carbons (Fsp3) is 0.826. The third kappa shape index (κ3) is 8.03. The number of hydrogen-bond acceptors (Lipinski definition) is 2. The highest BCUT2D eigenvalue weighted by atomic mass is 16.1. The molecule has 2 aliphatic heterocycles. The van der Waals surface area contributed by atoms with E-state index >= 15 is 0 Å². The van der Waals surface area contributed by atoms with Gasteiger partial charge >= 0.3 is 0 Å². The molecule has 0 radical (unpaired) electrons. The predicted molar refractivity (Wildman–Crippen MR) is 115 cm³/mol. The Morgan fingerprint density at radius 2 is 1.00 bits per heavy atom. The van der Waals surface area contributed by atoms with Gasteiger partial charge in [0.15, 0.2) is 11.6 Å². The largest absolute Gasteiger partial charge is 0.358 e. The summed E-state index contributed by atoms with van der Waals surface area (Å²) in [5.41, 5.74) is 0. The molecule has 160 valence electrons. The first-order valence-electron chi connectivity index (χ1n) is 10.5. The second-order valence-electron chi connectivity index (χ2n) is 9.36. The van der Waals surface area contributed by atoms with E-state index in [0.29, 0.717) is 24.4 Å². The number of nitrogens with zero attached hydrogens (tertiary/aromatic N) is 2. The molecule has 2 fully saturated rings. The van der Waals surface area contributed by atoms with Gasteiger partial charge in [0.25, 0.3) is 0 Å². The zero-order chi connectivity index (χ0) is 18.5. The van der Waals surface area contributed by atoms with E-state index in [1.165, 1.54) is 58.3 Å². The Bertz CT molecular complexity index is 417. The van der Waals surface area contributed by atoms with E-state index in [2.05, 4.69) is 14.1 Å². The Morgan fingerprint density at radius 3 is 1.26 bits per heavy atom. The summed E-state index contributed by atoms with van der Waals surface area (Å²) in [6.45, 7) is 10.1. The summed E-state index contributed by atoms with van der Waals surface area (Å²) in [4.78, 5) is 23.6. The zero-order valence-electron chi connectivity index (χ0n) is 19.1. The maximum atomic E-state index is 11.8. The highest BCUT2D eigenvalue weighted by molar-refractivity contribution is 5.79. The summed E-state index contributed by atoms with van der Waals surface area (Å²) in [6, 6.07) is 0. The Labute approximate surface area is 169 Å². The molecule has 2 rings (SSSR count). The maximum Gasteiger partial charge on any atom is 0.186 e. The van der Waals surface area contributed by atoms with Crippen LogP contribution >= 0.6 is 0 Å². The predicted octanol–water partition coefficient (Wildman–Crippen LogP) is 3.95. The SMILES string of the molecule is CCC(=O)C[N+]1(C)CCC(CC2CC[N+](C)(CC(=O)CC)CC2)CC1.[CH3-].[CH3-]. The first-order chi connectivity index (χ1) is 11.8. The molecular formula is C23H46N2O2.